The van der Waals surface area contributed by atoms with E-state index < -0.39 is 0 Å². The molecule has 8 nitrogen and oxygen atoms in total. The molecule has 0 radical (unpaired) electrons. The summed E-state index contributed by atoms with van der Waals surface area (Å²) in [6.45, 7) is 1.26. The third-order valence-corrected chi connectivity index (χ3v) is 3.11. The molecule has 114 valence electrons. The minimum Gasteiger partial charge on any atom is -0.367 e. The standard InChI is InChI=1S/C13H14ClN7O/c14-8-3-1-4-9(7-8)17-11-10(16-6-2-5-15)18-12-13(19-11)21-22-20-12/h1,3-4,7H,2,5-6,15H2,(H,16,18,20)(H,17,19,21). The van der Waals surface area contributed by atoms with E-state index in [-0.39, 0.29) is 0 Å². The summed E-state index contributed by atoms with van der Waals surface area (Å²) in [7, 11) is 0. The molecule has 0 aliphatic rings. The van der Waals surface area contributed by atoms with E-state index in [2.05, 4.69) is 35.5 Å². The highest BCUT2D eigenvalue weighted by molar-refractivity contribution is 6.30. The zero-order valence-corrected chi connectivity index (χ0v) is 12.3. The summed E-state index contributed by atoms with van der Waals surface area (Å²) in [5, 5.41) is 14.4. The molecule has 1 aromatic carbocycles. The predicted molar refractivity (Wildman–Crippen MR) is 84.3 cm³/mol. The Morgan fingerprint density at radius 1 is 1.14 bits per heavy atom. The van der Waals surface area contributed by atoms with Crippen LogP contribution < -0.4 is 16.4 Å². The second-order valence-electron chi connectivity index (χ2n) is 4.54. The number of anilines is 3. The summed E-state index contributed by atoms with van der Waals surface area (Å²) < 4.78 is 4.65. The molecule has 2 heterocycles. The molecule has 4 N–H and O–H groups in total. The molecular formula is C13H14ClN7O. The maximum Gasteiger partial charge on any atom is 0.245 e. The van der Waals surface area contributed by atoms with Crippen LogP contribution in [0.25, 0.3) is 11.3 Å². The minimum atomic E-state index is 0.328. The second-order valence-corrected chi connectivity index (χ2v) is 4.97. The molecule has 0 saturated carbocycles. The van der Waals surface area contributed by atoms with E-state index in [9.17, 15) is 0 Å². The molecule has 0 atom stereocenters. The van der Waals surface area contributed by atoms with Crippen molar-refractivity contribution in [3.8, 4) is 0 Å². The monoisotopic (exact) mass is 319 g/mol. The van der Waals surface area contributed by atoms with Gasteiger partial charge in [-0.1, -0.05) is 17.7 Å². The van der Waals surface area contributed by atoms with Gasteiger partial charge in [0, 0.05) is 17.3 Å². The first-order valence-corrected chi connectivity index (χ1v) is 7.11. The van der Waals surface area contributed by atoms with E-state index in [1.165, 1.54) is 0 Å². The lowest BCUT2D eigenvalue weighted by Gasteiger charge is -2.11. The Labute approximate surface area is 131 Å². The molecule has 22 heavy (non-hydrogen) atoms. The number of fused-ring (bicyclic) bond motifs is 1. The Morgan fingerprint density at radius 3 is 2.64 bits per heavy atom. The highest BCUT2D eigenvalue weighted by Crippen LogP contribution is 2.25. The topological polar surface area (TPSA) is 115 Å². The van der Waals surface area contributed by atoms with Crippen LogP contribution in [0.3, 0.4) is 0 Å². The summed E-state index contributed by atoms with van der Waals surface area (Å²) in [6, 6.07) is 7.31. The van der Waals surface area contributed by atoms with Gasteiger partial charge in [-0.3, -0.25) is 0 Å². The highest BCUT2D eigenvalue weighted by atomic mass is 35.5. The van der Waals surface area contributed by atoms with Crippen LogP contribution >= 0.6 is 11.6 Å². The maximum atomic E-state index is 5.99. The third-order valence-electron chi connectivity index (χ3n) is 2.88. The summed E-state index contributed by atoms with van der Waals surface area (Å²) >= 11 is 5.99. The molecule has 3 aromatic rings. The van der Waals surface area contributed by atoms with Crippen molar-refractivity contribution < 1.29 is 4.63 Å². The van der Waals surface area contributed by atoms with E-state index in [1.807, 2.05) is 12.1 Å². The van der Waals surface area contributed by atoms with Crippen LogP contribution in [0.5, 0.6) is 0 Å². The van der Waals surface area contributed by atoms with Gasteiger partial charge in [0.2, 0.25) is 11.3 Å². The van der Waals surface area contributed by atoms with Gasteiger partial charge in [0.25, 0.3) is 0 Å². The van der Waals surface area contributed by atoms with Crippen LogP contribution in [-0.2, 0) is 0 Å². The van der Waals surface area contributed by atoms with Crippen molar-refractivity contribution in [2.45, 2.75) is 6.42 Å². The molecule has 0 aliphatic heterocycles. The number of nitrogens with two attached hydrogens (primary N) is 1. The van der Waals surface area contributed by atoms with E-state index in [1.54, 1.807) is 12.1 Å². The summed E-state index contributed by atoms with van der Waals surface area (Å²) in [5.74, 6) is 1.07. The first kappa shape index (κ1) is 14.5. The van der Waals surface area contributed by atoms with Crippen molar-refractivity contribution in [1.82, 2.24) is 20.3 Å². The fraction of sp³-hybridized carbons (Fsp3) is 0.231. The SMILES string of the molecule is NCCCNc1nc2nonc2nc1Nc1cccc(Cl)c1. The Hall–Kier alpha value is -2.45. The molecule has 9 heteroatoms. The van der Waals surface area contributed by atoms with Crippen LogP contribution in [-0.4, -0.2) is 33.4 Å². The highest BCUT2D eigenvalue weighted by Gasteiger charge is 2.12. The molecule has 0 aliphatic carbocycles. The molecule has 0 saturated heterocycles. The Kier molecular flexibility index (Phi) is 4.31. The second kappa shape index (κ2) is 6.54. The van der Waals surface area contributed by atoms with Gasteiger partial charge in [0.15, 0.2) is 11.6 Å². The van der Waals surface area contributed by atoms with Crippen molar-refractivity contribution in [3.63, 3.8) is 0 Å². The molecule has 0 fully saturated rings. The van der Waals surface area contributed by atoms with Crippen molar-refractivity contribution in [2.24, 2.45) is 5.73 Å². The smallest absolute Gasteiger partial charge is 0.245 e. The number of hydrogen-bond donors (Lipinski definition) is 3. The zero-order valence-electron chi connectivity index (χ0n) is 11.6. The van der Waals surface area contributed by atoms with Gasteiger partial charge in [0.05, 0.1) is 0 Å². The lowest BCUT2D eigenvalue weighted by molar-refractivity contribution is 0.314. The van der Waals surface area contributed by atoms with Gasteiger partial charge in [-0.15, -0.1) is 0 Å². The van der Waals surface area contributed by atoms with Gasteiger partial charge >= 0.3 is 0 Å². The average Bonchev–Trinajstić information content (AvgIpc) is 2.95. The van der Waals surface area contributed by atoms with E-state index in [0.717, 1.165) is 12.1 Å². The summed E-state index contributed by atoms with van der Waals surface area (Å²) in [5.41, 5.74) is 6.96. The van der Waals surface area contributed by atoms with E-state index >= 15 is 0 Å². The normalized spacial score (nSPS) is 10.8. The molecule has 0 unspecified atom stereocenters. The first-order valence-electron chi connectivity index (χ1n) is 6.73. The minimum absolute atomic E-state index is 0.328. The van der Waals surface area contributed by atoms with Crippen LogP contribution in [0.2, 0.25) is 5.02 Å². The zero-order chi connectivity index (χ0) is 15.4. The molecule has 2 aromatic heterocycles. The summed E-state index contributed by atoms with van der Waals surface area (Å²) in [4.78, 5) is 8.71. The number of rotatable bonds is 6. The number of aromatic nitrogens is 4. The van der Waals surface area contributed by atoms with Crippen molar-refractivity contribution in [2.75, 3.05) is 23.7 Å². The van der Waals surface area contributed by atoms with Gasteiger partial charge in [-0.05, 0) is 41.5 Å². The molecule has 0 spiro atoms. The molecule has 3 rings (SSSR count). The van der Waals surface area contributed by atoms with Crippen LogP contribution in [0, 0.1) is 0 Å². The van der Waals surface area contributed by atoms with Gasteiger partial charge < -0.3 is 16.4 Å². The lowest BCUT2D eigenvalue weighted by atomic mass is 10.3. The number of halogens is 1. The van der Waals surface area contributed by atoms with Gasteiger partial charge in [-0.2, -0.15) is 0 Å². The van der Waals surface area contributed by atoms with Crippen LogP contribution in [0.4, 0.5) is 17.3 Å². The maximum absolute atomic E-state index is 5.99. The lowest BCUT2D eigenvalue weighted by Crippen LogP contribution is -2.11. The molecule has 0 bridgehead atoms. The number of benzene rings is 1. The fourth-order valence-electron chi connectivity index (χ4n) is 1.86. The number of nitrogens with one attached hydrogen (secondary N) is 2. The quantitative estimate of drug-likeness (QED) is 0.592. The average molecular weight is 320 g/mol. The van der Waals surface area contributed by atoms with Crippen molar-refractivity contribution >= 4 is 40.2 Å². The Bertz CT molecular complexity index is 776. The number of nitrogens with zero attached hydrogens (tertiary/aromatic N) is 4. The largest absolute Gasteiger partial charge is 0.367 e. The molecule has 0 amide bonds. The predicted octanol–water partition coefficient (Wildman–Crippen LogP) is 2.17. The van der Waals surface area contributed by atoms with Gasteiger partial charge in [-0.25, -0.2) is 14.6 Å². The van der Waals surface area contributed by atoms with E-state index in [0.29, 0.717) is 41.0 Å². The number of hydrogen-bond acceptors (Lipinski definition) is 8. The van der Waals surface area contributed by atoms with Crippen molar-refractivity contribution in [1.29, 1.82) is 0 Å². The fourth-order valence-corrected chi connectivity index (χ4v) is 2.05. The molecular weight excluding hydrogens is 306 g/mol. The Balaban J connectivity index is 1.92. The van der Waals surface area contributed by atoms with Crippen LogP contribution in [0.1, 0.15) is 6.42 Å². The first-order chi connectivity index (χ1) is 10.8. The van der Waals surface area contributed by atoms with Crippen molar-refractivity contribution in [3.05, 3.63) is 29.3 Å². The van der Waals surface area contributed by atoms with Gasteiger partial charge in [0.1, 0.15) is 0 Å². The third kappa shape index (κ3) is 3.23. The van der Waals surface area contributed by atoms with Crippen LogP contribution in [0.15, 0.2) is 28.9 Å². The van der Waals surface area contributed by atoms with E-state index in [4.69, 9.17) is 17.3 Å². The summed E-state index contributed by atoms with van der Waals surface area (Å²) in [6.07, 6.45) is 0.813. The Morgan fingerprint density at radius 2 is 1.91 bits per heavy atom.